The minimum absolute atomic E-state index is 0.364. The molecule has 21 heavy (non-hydrogen) atoms. The third-order valence-corrected chi connectivity index (χ3v) is 4.38. The molecule has 0 saturated heterocycles. The van der Waals surface area contributed by atoms with Crippen LogP contribution in [0.25, 0.3) is 0 Å². The van der Waals surface area contributed by atoms with Gasteiger partial charge in [-0.15, -0.1) is 0 Å². The molecule has 1 N–H and O–H groups in total. The van der Waals surface area contributed by atoms with E-state index in [0.717, 1.165) is 24.5 Å². The number of carboxylic acids is 1. The van der Waals surface area contributed by atoms with Gasteiger partial charge in [0.05, 0.1) is 5.69 Å². The quantitative estimate of drug-likeness (QED) is 0.852. The average molecular weight is 305 g/mol. The topological polar surface area (TPSA) is 66.3 Å². The normalized spacial score (nSPS) is 10.6. The molecule has 0 aliphatic carbocycles. The Balaban J connectivity index is 2.06. The van der Waals surface area contributed by atoms with Gasteiger partial charge in [-0.3, -0.25) is 4.98 Å². The first kappa shape index (κ1) is 15.4. The van der Waals surface area contributed by atoms with Crippen LogP contribution in [-0.4, -0.2) is 34.6 Å². The third-order valence-electron chi connectivity index (χ3n) is 3.18. The molecule has 0 unspecified atom stereocenters. The van der Waals surface area contributed by atoms with Crippen LogP contribution < -0.4 is 4.90 Å². The van der Waals surface area contributed by atoms with Gasteiger partial charge in [-0.25, -0.2) is 9.78 Å². The van der Waals surface area contributed by atoms with Crippen molar-refractivity contribution in [3.63, 3.8) is 0 Å². The van der Waals surface area contributed by atoms with Crippen LogP contribution >= 0.6 is 11.3 Å². The number of hydrogen-bond acceptors (Lipinski definition) is 5. The molecule has 2 aromatic rings. The summed E-state index contributed by atoms with van der Waals surface area (Å²) in [5, 5.41) is 10.0. The summed E-state index contributed by atoms with van der Waals surface area (Å²) in [4.78, 5) is 22.1. The predicted molar refractivity (Wildman–Crippen MR) is 84.3 cm³/mol. The van der Waals surface area contributed by atoms with Crippen LogP contribution in [-0.2, 0) is 12.8 Å². The number of anilines is 1. The SMILES string of the molecule is CCCc1nc(N(C)CCc2ccncc2)sc1C(=O)O. The fraction of sp³-hybridized carbons (Fsp3) is 0.400. The lowest BCUT2D eigenvalue weighted by molar-refractivity contribution is 0.0700. The summed E-state index contributed by atoms with van der Waals surface area (Å²) in [7, 11) is 1.95. The second-order valence-corrected chi connectivity index (χ2v) is 5.83. The maximum Gasteiger partial charge on any atom is 0.347 e. The first-order chi connectivity index (χ1) is 10.1. The Morgan fingerprint density at radius 2 is 2.05 bits per heavy atom. The summed E-state index contributed by atoms with van der Waals surface area (Å²) in [5.74, 6) is -0.885. The number of carbonyl (C=O) groups is 1. The first-order valence-corrected chi connectivity index (χ1v) is 7.76. The summed E-state index contributed by atoms with van der Waals surface area (Å²) in [5.41, 5.74) is 1.90. The zero-order valence-corrected chi connectivity index (χ0v) is 13.1. The number of thiazole rings is 1. The smallest absolute Gasteiger partial charge is 0.347 e. The number of pyridine rings is 1. The van der Waals surface area contributed by atoms with Crippen LogP contribution in [0, 0.1) is 0 Å². The van der Waals surface area contributed by atoms with Gasteiger partial charge in [-0.05, 0) is 30.5 Å². The Labute approximate surface area is 128 Å². The average Bonchev–Trinajstić information content (AvgIpc) is 2.90. The van der Waals surface area contributed by atoms with Crippen LogP contribution in [0.4, 0.5) is 5.13 Å². The fourth-order valence-corrected chi connectivity index (χ4v) is 2.96. The van der Waals surface area contributed by atoms with Crippen LogP contribution in [0.1, 0.15) is 34.3 Å². The predicted octanol–water partition coefficient (Wildman–Crippen LogP) is 2.87. The highest BCUT2D eigenvalue weighted by Gasteiger charge is 2.18. The van der Waals surface area contributed by atoms with Crippen molar-refractivity contribution in [2.75, 3.05) is 18.5 Å². The number of hydrogen-bond donors (Lipinski definition) is 1. The minimum atomic E-state index is -0.885. The molecule has 0 aliphatic heterocycles. The van der Waals surface area contributed by atoms with Crippen molar-refractivity contribution in [1.82, 2.24) is 9.97 Å². The number of rotatable bonds is 7. The van der Waals surface area contributed by atoms with Crippen molar-refractivity contribution in [3.8, 4) is 0 Å². The molecule has 0 saturated carbocycles. The summed E-state index contributed by atoms with van der Waals surface area (Å²) in [6, 6.07) is 3.97. The van der Waals surface area contributed by atoms with E-state index in [2.05, 4.69) is 9.97 Å². The molecule has 0 bridgehead atoms. The maximum atomic E-state index is 11.3. The van der Waals surface area contributed by atoms with E-state index in [9.17, 15) is 9.90 Å². The van der Waals surface area contributed by atoms with Crippen LogP contribution in [0.15, 0.2) is 24.5 Å². The van der Waals surface area contributed by atoms with E-state index in [1.54, 1.807) is 12.4 Å². The molecule has 0 atom stereocenters. The molecule has 0 amide bonds. The number of nitrogens with zero attached hydrogens (tertiary/aromatic N) is 3. The van der Waals surface area contributed by atoms with E-state index >= 15 is 0 Å². The van der Waals surface area contributed by atoms with Gasteiger partial charge in [0.2, 0.25) is 0 Å². The Bertz CT molecular complexity index is 598. The number of aromatic carboxylic acids is 1. The number of aromatic nitrogens is 2. The molecule has 0 spiro atoms. The standard InChI is InChI=1S/C15H19N3O2S/c1-3-4-12-13(14(19)20)21-15(17-12)18(2)10-7-11-5-8-16-9-6-11/h5-6,8-9H,3-4,7,10H2,1-2H3,(H,19,20). The van der Waals surface area contributed by atoms with Gasteiger partial charge in [-0.1, -0.05) is 24.7 Å². The minimum Gasteiger partial charge on any atom is -0.477 e. The molecule has 0 aromatic carbocycles. The van der Waals surface area contributed by atoms with Gasteiger partial charge >= 0.3 is 5.97 Å². The van der Waals surface area contributed by atoms with E-state index < -0.39 is 5.97 Å². The Hall–Kier alpha value is -1.95. The van der Waals surface area contributed by atoms with Crippen LogP contribution in [0.3, 0.4) is 0 Å². The van der Waals surface area contributed by atoms with Crippen molar-refractivity contribution < 1.29 is 9.90 Å². The zero-order chi connectivity index (χ0) is 15.2. The maximum absolute atomic E-state index is 11.3. The number of carboxylic acid groups (broad SMARTS) is 1. The van der Waals surface area contributed by atoms with E-state index in [1.807, 2.05) is 31.0 Å². The van der Waals surface area contributed by atoms with Gasteiger partial charge < -0.3 is 10.0 Å². The van der Waals surface area contributed by atoms with Crippen LogP contribution in [0.5, 0.6) is 0 Å². The largest absolute Gasteiger partial charge is 0.477 e. The molecule has 0 radical (unpaired) electrons. The van der Waals surface area contributed by atoms with Crippen molar-refractivity contribution >= 4 is 22.4 Å². The second kappa shape index (κ2) is 7.17. The van der Waals surface area contributed by atoms with E-state index in [0.29, 0.717) is 17.0 Å². The molecule has 112 valence electrons. The van der Waals surface area contributed by atoms with Gasteiger partial charge in [-0.2, -0.15) is 0 Å². The highest BCUT2D eigenvalue weighted by molar-refractivity contribution is 7.17. The van der Waals surface area contributed by atoms with Gasteiger partial charge in [0, 0.05) is 26.0 Å². The highest BCUT2D eigenvalue weighted by Crippen LogP contribution is 2.26. The first-order valence-electron chi connectivity index (χ1n) is 6.94. The second-order valence-electron chi connectivity index (χ2n) is 4.85. The Morgan fingerprint density at radius 3 is 2.67 bits per heavy atom. The van der Waals surface area contributed by atoms with E-state index in [-0.39, 0.29) is 0 Å². The van der Waals surface area contributed by atoms with Crippen molar-refractivity contribution in [3.05, 3.63) is 40.7 Å². The van der Waals surface area contributed by atoms with Crippen molar-refractivity contribution in [2.45, 2.75) is 26.2 Å². The Kier molecular flexibility index (Phi) is 5.27. The van der Waals surface area contributed by atoms with Gasteiger partial charge in [0.25, 0.3) is 0 Å². The zero-order valence-electron chi connectivity index (χ0n) is 12.2. The summed E-state index contributed by atoms with van der Waals surface area (Å²) in [6.45, 7) is 2.82. The molecule has 2 heterocycles. The molecular formula is C15H19N3O2S. The molecule has 6 heteroatoms. The summed E-state index contributed by atoms with van der Waals surface area (Å²) in [6.07, 6.45) is 6.03. The van der Waals surface area contributed by atoms with E-state index in [4.69, 9.17) is 0 Å². The lowest BCUT2D eigenvalue weighted by Crippen LogP contribution is -2.20. The van der Waals surface area contributed by atoms with Crippen molar-refractivity contribution in [1.29, 1.82) is 0 Å². The molecule has 2 aromatic heterocycles. The monoisotopic (exact) mass is 305 g/mol. The fourth-order valence-electron chi connectivity index (χ4n) is 2.02. The highest BCUT2D eigenvalue weighted by atomic mass is 32.1. The Morgan fingerprint density at radius 1 is 1.33 bits per heavy atom. The van der Waals surface area contributed by atoms with Gasteiger partial charge in [0.1, 0.15) is 4.88 Å². The van der Waals surface area contributed by atoms with Gasteiger partial charge in [0.15, 0.2) is 5.13 Å². The number of likely N-dealkylation sites (N-methyl/N-ethyl adjacent to an activating group) is 1. The molecule has 0 aliphatic rings. The van der Waals surface area contributed by atoms with E-state index in [1.165, 1.54) is 16.9 Å². The third kappa shape index (κ3) is 4.01. The molecule has 0 fully saturated rings. The summed E-state index contributed by atoms with van der Waals surface area (Å²) >= 11 is 1.25. The lowest BCUT2D eigenvalue weighted by Gasteiger charge is -2.15. The molecular weight excluding hydrogens is 286 g/mol. The number of aryl methyl sites for hydroxylation is 1. The summed E-state index contributed by atoms with van der Waals surface area (Å²) < 4.78 is 0. The molecule has 5 nitrogen and oxygen atoms in total. The lowest BCUT2D eigenvalue weighted by atomic mass is 10.2. The molecule has 2 rings (SSSR count). The van der Waals surface area contributed by atoms with Crippen molar-refractivity contribution in [2.24, 2.45) is 0 Å². The van der Waals surface area contributed by atoms with Crippen LogP contribution in [0.2, 0.25) is 0 Å².